The molecule has 3 nitrogen and oxygen atoms in total. The first-order valence-electron chi connectivity index (χ1n) is 6.36. The Balaban J connectivity index is 2.10. The molecule has 3 N–H and O–H groups in total. The second kappa shape index (κ2) is 5.07. The molecule has 94 valence electrons. The molecule has 0 radical (unpaired) electrons. The van der Waals surface area contributed by atoms with Gasteiger partial charge in [-0.25, -0.2) is 0 Å². The summed E-state index contributed by atoms with van der Waals surface area (Å²) in [7, 11) is 1.73. The third-order valence-corrected chi connectivity index (χ3v) is 3.60. The molecule has 3 heteroatoms. The molecule has 0 aromatic heterocycles. The SMILES string of the molecule is CCC(N)CNC1(c2ccccc2OC)CC1. The topological polar surface area (TPSA) is 47.3 Å². The van der Waals surface area contributed by atoms with E-state index in [1.807, 2.05) is 12.1 Å². The second-order valence-electron chi connectivity index (χ2n) is 4.83. The molecule has 0 amide bonds. The lowest BCUT2D eigenvalue weighted by Gasteiger charge is -2.22. The summed E-state index contributed by atoms with van der Waals surface area (Å²) in [6.07, 6.45) is 3.35. The molecular weight excluding hydrogens is 212 g/mol. The molecule has 0 aliphatic heterocycles. The van der Waals surface area contributed by atoms with Gasteiger partial charge in [0.25, 0.3) is 0 Å². The van der Waals surface area contributed by atoms with Gasteiger partial charge in [0.05, 0.1) is 7.11 Å². The number of nitrogens with two attached hydrogens (primary N) is 1. The quantitative estimate of drug-likeness (QED) is 0.791. The maximum absolute atomic E-state index is 5.96. The Morgan fingerprint density at radius 3 is 2.71 bits per heavy atom. The Hall–Kier alpha value is -1.06. The molecule has 1 atom stereocenters. The maximum atomic E-state index is 5.96. The Bertz CT molecular complexity index is 374. The van der Waals surface area contributed by atoms with Gasteiger partial charge in [0.2, 0.25) is 0 Å². The smallest absolute Gasteiger partial charge is 0.123 e. The number of hydrogen-bond acceptors (Lipinski definition) is 3. The minimum absolute atomic E-state index is 0.111. The molecule has 1 saturated carbocycles. The van der Waals surface area contributed by atoms with E-state index in [1.165, 1.54) is 18.4 Å². The van der Waals surface area contributed by atoms with Crippen LogP contribution >= 0.6 is 0 Å². The van der Waals surface area contributed by atoms with Crippen molar-refractivity contribution < 1.29 is 4.74 Å². The summed E-state index contributed by atoms with van der Waals surface area (Å²) in [5.74, 6) is 0.975. The van der Waals surface area contributed by atoms with Crippen molar-refractivity contribution in [2.75, 3.05) is 13.7 Å². The molecule has 0 saturated heterocycles. The summed E-state index contributed by atoms with van der Waals surface area (Å²) in [6.45, 7) is 2.99. The first kappa shape index (κ1) is 12.4. The Morgan fingerprint density at radius 2 is 2.12 bits per heavy atom. The van der Waals surface area contributed by atoms with E-state index >= 15 is 0 Å². The van der Waals surface area contributed by atoms with Gasteiger partial charge in [-0.2, -0.15) is 0 Å². The highest BCUT2D eigenvalue weighted by Gasteiger charge is 2.45. The van der Waals surface area contributed by atoms with Crippen LogP contribution in [0.15, 0.2) is 24.3 Å². The average Bonchev–Trinajstić information content (AvgIpc) is 3.17. The predicted molar refractivity (Wildman–Crippen MR) is 70.2 cm³/mol. The van der Waals surface area contributed by atoms with Crippen LogP contribution in [-0.2, 0) is 5.54 Å². The van der Waals surface area contributed by atoms with Gasteiger partial charge in [-0.15, -0.1) is 0 Å². The fraction of sp³-hybridized carbons (Fsp3) is 0.571. The molecular formula is C14H22N2O. The molecule has 0 spiro atoms. The highest BCUT2D eigenvalue weighted by atomic mass is 16.5. The van der Waals surface area contributed by atoms with Crippen LogP contribution in [0.25, 0.3) is 0 Å². The van der Waals surface area contributed by atoms with Crippen LogP contribution < -0.4 is 15.8 Å². The van der Waals surface area contributed by atoms with E-state index in [0.29, 0.717) is 0 Å². The van der Waals surface area contributed by atoms with Crippen LogP contribution in [-0.4, -0.2) is 19.7 Å². The number of methoxy groups -OCH3 is 1. The zero-order valence-electron chi connectivity index (χ0n) is 10.7. The van der Waals surface area contributed by atoms with Gasteiger partial charge >= 0.3 is 0 Å². The van der Waals surface area contributed by atoms with Crippen LogP contribution in [0.4, 0.5) is 0 Å². The summed E-state index contributed by atoms with van der Waals surface area (Å²) in [5.41, 5.74) is 7.34. The predicted octanol–water partition coefficient (Wildman–Crippen LogP) is 2.01. The third kappa shape index (κ3) is 2.61. The van der Waals surface area contributed by atoms with Gasteiger partial charge in [-0.1, -0.05) is 25.1 Å². The number of para-hydroxylation sites is 1. The van der Waals surface area contributed by atoms with Crippen molar-refractivity contribution in [3.8, 4) is 5.75 Å². The minimum atomic E-state index is 0.111. The summed E-state index contributed by atoms with van der Waals surface area (Å²) < 4.78 is 5.43. The zero-order valence-corrected chi connectivity index (χ0v) is 10.7. The van der Waals surface area contributed by atoms with Crippen LogP contribution in [0, 0.1) is 0 Å². The van der Waals surface area contributed by atoms with E-state index in [2.05, 4.69) is 24.4 Å². The van der Waals surface area contributed by atoms with Crippen molar-refractivity contribution in [3.05, 3.63) is 29.8 Å². The number of rotatable bonds is 6. The molecule has 1 aromatic carbocycles. The summed E-state index contributed by atoms with van der Waals surface area (Å²) in [4.78, 5) is 0. The fourth-order valence-electron chi connectivity index (χ4n) is 2.18. The summed E-state index contributed by atoms with van der Waals surface area (Å²) >= 11 is 0. The Morgan fingerprint density at radius 1 is 1.41 bits per heavy atom. The first-order chi connectivity index (χ1) is 8.22. The number of ether oxygens (including phenoxy) is 1. The first-order valence-corrected chi connectivity index (χ1v) is 6.36. The van der Waals surface area contributed by atoms with Gasteiger partial charge in [0, 0.05) is 23.7 Å². The van der Waals surface area contributed by atoms with Crippen molar-refractivity contribution in [2.45, 2.75) is 37.8 Å². The van der Waals surface area contributed by atoms with Gasteiger partial charge in [-0.05, 0) is 25.3 Å². The molecule has 1 aliphatic carbocycles. The molecule has 1 aromatic rings. The number of nitrogens with one attached hydrogen (secondary N) is 1. The number of benzene rings is 1. The third-order valence-electron chi connectivity index (χ3n) is 3.60. The monoisotopic (exact) mass is 234 g/mol. The van der Waals surface area contributed by atoms with Crippen molar-refractivity contribution in [3.63, 3.8) is 0 Å². The van der Waals surface area contributed by atoms with Gasteiger partial charge in [0.15, 0.2) is 0 Å². The van der Waals surface area contributed by atoms with E-state index in [-0.39, 0.29) is 11.6 Å². The van der Waals surface area contributed by atoms with Crippen LogP contribution in [0.2, 0.25) is 0 Å². The largest absolute Gasteiger partial charge is 0.496 e. The molecule has 1 fully saturated rings. The standard InChI is InChI=1S/C14H22N2O/c1-3-11(15)10-16-14(8-9-14)12-6-4-5-7-13(12)17-2/h4-7,11,16H,3,8-10,15H2,1-2H3. The van der Waals surface area contributed by atoms with Crippen molar-refractivity contribution >= 4 is 0 Å². The maximum Gasteiger partial charge on any atom is 0.123 e. The zero-order chi connectivity index (χ0) is 12.3. The molecule has 17 heavy (non-hydrogen) atoms. The van der Waals surface area contributed by atoms with E-state index in [1.54, 1.807) is 7.11 Å². The average molecular weight is 234 g/mol. The number of hydrogen-bond donors (Lipinski definition) is 2. The van der Waals surface area contributed by atoms with E-state index in [0.717, 1.165) is 18.7 Å². The summed E-state index contributed by atoms with van der Waals surface area (Å²) in [5, 5.41) is 3.61. The van der Waals surface area contributed by atoms with Crippen molar-refractivity contribution in [1.29, 1.82) is 0 Å². The van der Waals surface area contributed by atoms with Gasteiger partial charge < -0.3 is 15.8 Å². The highest BCUT2D eigenvalue weighted by Crippen LogP contribution is 2.48. The van der Waals surface area contributed by atoms with Crippen molar-refractivity contribution in [1.82, 2.24) is 5.32 Å². The van der Waals surface area contributed by atoms with Crippen LogP contribution in [0.5, 0.6) is 5.75 Å². The lowest BCUT2D eigenvalue weighted by Crippen LogP contribution is -2.39. The van der Waals surface area contributed by atoms with E-state index < -0.39 is 0 Å². The molecule has 2 rings (SSSR count). The highest BCUT2D eigenvalue weighted by molar-refractivity contribution is 5.42. The molecule has 1 unspecified atom stereocenters. The Kier molecular flexibility index (Phi) is 3.69. The van der Waals surface area contributed by atoms with E-state index in [4.69, 9.17) is 10.5 Å². The van der Waals surface area contributed by atoms with E-state index in [9.17, 15) is 0 Å². The minimum Gasteiger partial charge on any atom is -0.496 e. The van der Waals surface area contributed by atoms with Crippen LogP contribution in [0.1, 0.15) is 31.7 Å². The molecule has 1 aliphatic rings. The lowest BCUT2D eigenvalue weighted by molar-refractivity contribution is 0.391. The fourth-order valence-corrected chi connectivity index (χ4v) is 2.18. The molecule has 0 bridgehead atoms. The Labute approximate surface area is 103 Å². The van der Waals surface area contributed by atoms with Crippen LogP contribution in [0.3, 0.4) is 0 Å². The second-order valence-corrected chi connectivity index (χ2v) is 4.83. The lowest BCUT2D eigenvalue weighted by atomic mass is 10.0. The molecule has 0 heterocycles. The normalized spacial score (nSPS) is 18.8. The van der Waals surface area contributed by atoms with Crippen molar-refractivity contribution in [2.24, 2.45) is 5.73 Å². The summed E-state index contributed by atoms with van der Waals surface area (Å²) in [6, 6.07) is 8.49. The van der Waals surface area contributed by atoms with Gasteiger partial charge in [-0.3, -0.25) is 0 Å². The van der Waals surface area contributed by atoms with Gasteiger partial charge in [0.1, 0.15) is 5.75 Å².